The van der Waals surface area contributed by atoms with Crippen molar-refractivity contribution < 1.29 is 13.9 Å². The molecule has 0 N–H and O–H groups in total. The summed E-state index contributed by atoms with van der Waals surface area (Å²) in [6, 6.07) is 13.0. The Morgan fingerprint density at radius 2 is 1.82 bits per heavy atom. The van der Waals surface area contributed by atoms with Crippen LogP contribution in [0.2, 0.25) is 0 Å². The van der Waals surface area contributed by atoms with E-state index in [1.54, 1.807) is 57.2 Å². The van der Waals surface area contributed by atoms with Crippen molar-refractivity contribution in [1.29, 1.82) is 0 Å². The minimum atomic E-state index is -0.581. The third-order valence-corrected chi connectivity index (χ3v) is 4.77. The molecule has 0 unspecified atom stereocenters. The molecule has 0 saturated heterocycles. The summed E-state index contributed by atoms with van der Waals surface area (Å²) in [6.07, 6.45) is 0. The van der Waals surface area contributed by atoms with Gasteiger partial charge in [0, 0.05) is 0 Å². The van der Waals surface area contributed by atoms with Gasteiger partial charge in [0.2, 0.25) is 0 Å². The van der Waals surface area contributed by atoms with Gasteiger partial charge in [-0.2, -0.15) is 0 Å². The number of hydrogen-bond donors (Lipinski definition) is 0. The fourth-order valence-electron chi connectivity index (χ4n) is 2.66. The molecule has 7 heteroatoms. The maximum atomic E-state index is 13.2. The molecule has 0 bridgehead atoms. The number of hydrogen-bond acceptors (Lipinski definition) is 5. The van der Waals surface area contributed by atoms with Crippen molar-refractivity contribution in [2.45, 2.75) is 38.1 Å². The van der Waals surface area contributed by atoms with Gasteiger partial charge in [-0.05, 0) is 50.6 Å². The molecule has 0 amide bonds. The van der Waals surface area contributed by atoms with Crippen LogP contribution in [0.1, 0.15) is 26.3 Å². The Bertz CT molecular complexity index is 1060. The predicted molar refractivity (Wildman–Crippen MR) is 108 cm³/mol. The number of thioether (sulfide) groups is 1. The topological polar surface area (TPSA) is 61.2 Å². The van der Waals surface area contributed by atoms with Gasteiger partial charge in [0.25, 0.3) is 5.56 Å². The third kappa shape index (κ3) is 4.98. The second kappa shape index (κ2) is 8.14. The van der Waals surface area contributed by atoms with Gasteiger partial charge >= 0.3 is 5.97 Å². The Balaban J connectivity index is 1.95. The largest absolute Gasteiger partial charge is 0.459 e. The lowest BCUT2D eigenvalue weighted by Gasteiger charge is -2.19. The van der Waals surface area contributed by atoms with Crippen molar-refractivity contribution in [3.05, 3.63) is 70.3 Å². The summed E-state index contributed by atoms with van der Waals surface area (Å²) in [6.45, 7) is 5.63. The van der Waals surface area contributed by atoms with E-state index < -0.39 is 5.60 Å². The average Bonchev–Trinajstić information content (AvgIpc) is 2.63. The van der Waals surface area contributed by atoms with Crippen molar-refractivity contribution >= 4 is 28.6 Å². The van der Waals surface area contributed by atoms with Gasteiger partial charge in [0.05, 0.1) is 23.2 Å². The standard InChI is InChI=1S/C21H21FN2O3S/c1-21(2,3)27-18(25)13-28-20-23-17-7-5-4-6-16(17)19(26)24(20)12-14-8-10-15(22)11-9-14/h4-11H,12-13H2,1-3H3. The van der Waals surface area contributed by atoms with Gasteiger partial charge in [-0.25, -0.2) is 9.37 Å². The molecule has 0 fully saturated rings. The van der Waals surface area contributed by atoms with Crippen LogP contribution in [0.3, 0.4) is 0 Å². The number of fused-ring (bicyclic) bond motifs is 1. The van der Waals surface area contributed by atoms with Gasteiger partial charge in [-0.3, -0.25) is 14.2 Å². The van der Waals surface area contributed by atoms with E-state index in [9.17, 15) is 14.0 Å². The van der Waals surface area contributed by atoms with Crippen LogP contribution in [0.15, 0.2) is 58.5 Å². The number of benzene rings is 2. The fourth-order valence-corrected chi connectivity index (χ4v) is 3.44. The molecular weight excluding hydrogens is 379 g/mol. The van der Waals surface area contributed by atoms with Crippen molar-refractivity contribution in [2.75, 3.05) is 5.75 Å². The van der Waals surface area contributed by atoms with E-state index in [0.717, 1.165) is 17.3 Å². The first-order chi connectivity index (χ1) is 13.2. The number of esters is 1. The molecule has 0 aliphatic carbocycles. The molecule has 0 atom stereocenters. The van der Waals surface area contributed by atoms with Gasteiger partial charge in [-0.15, -0.1) is 0 Å². The van der Waals surface area contributed by atoms with Crippen LogP contribution < -0.4 is 5.56 Å². The Morgan fingerprint density at radius 1 is 1.14 bits per heavy atom. The van der Waals surface area contributed by atoms with E-state index in [0.29, 0.717) is 16.1 Å². The highest BCUT2D eigenvalue weighted by Gasteiger charge is 2.18. The Kier molecular flexibility index (Phi) is 5.84. The number of carbonyl (C=O) groups is 1. The van der Waals surface area contributed by atoms with Crippen molar-refractivity contribution in [3.8, 4) is 0 Å². The molecule has 0 saturated carbocycles. The van der Waals surface area contributed by atoms with Crippen LogP contribution in [0.4, 0.5) is 4.39 Å². The van der Waals surface area contributed by atoms with Gasteiger partial charge in [-0.1, -0.05) is 36.0 Å². The summed E-state index contributed by atoms with van der Waals surface area (Å²) in [5.41, 5.74) is 0.540. The maximum absolute atomic E-state index is 13.2. The number of para-hydroxylation sites is 1. The highest BCUT2D eigenvalue weighted by atomic mass is 32.2. The number of rotatable bonds is 5. The zero-order valence-corrected chi connectivity index (χ0v) is 16.8. The SMILES string of the molecule is CC(C)(C)OC(=O)CSc1nc2ccccc2c(=O)n1Cc1ccc(F)cc1. The second-order valence-electron chi connectivity index (χ2n) is 7.30. The quantitative estimate of drug-likeness (QED) is 0.368. The molecule has 0 aliphatic rings. The highest BCUT2D eigenvalue weighted by molar-refractivity contribution is 7.99. The van der Waals surface area contributed by atoms with E-state index in [-0.39, 0.29) is 29.6 Å². The van der Waals surface area contributed by atoms with E-state index in [2.05, 4.69) is 4.98 Å². The molecule has 5 nitrogen and oxygen atoms in total. The number of nitrogens with zero attached hydrogens (tertiary/aromatic N) is 2. The first kappa shape index (κ1) is 20.1. The number of carbonyl (C=O) groups excluding carboxylic acids is 1. The lowest BCUT2D eigenvalue weighted by atomic mass is 10.2. The normalized spacial score (nSPS) is 11.6. The molecule has 146 valence electrons. The summed E-state index contributed by atoms with van der Waals surface area (Å²) in [7, 11) is 0. The molecule has 1 aromatic heterocycles. The lowest BCUT2D eigenvalue weighted by molar-refractivity contribution is -0.151. The van der Waals surface area contributed by atoms with Crippen LogP contribution in [-0.4, -0.2) is 26.9 Å². The molecule has 0 radical (unpaired) electrons. The molecule has 0 spiro atoms. The van der Waals surface area contributed by atoms with Gasteiger partial charge in [0.15, 0.2) is 5.16 Å². The summed E-state index contributed by atoms with van der Waals surface area (Å²) >= 11 is 1.15. The summed E-state index contributed by atoms with van der Waals surface area (Å²) in [5.74, 6) is -0.689. The maximum Gasteiger partial charge on any atom is 0.316 e. The molecule has 1 heterocycles. The van der Waals surface area contributed by atoms with E-state index in [4.69, 9.17) is 4.74 Å². The van der Waals surface area contributed by atoms with Crippen molar-refractivity contribution in [3.63, 3.8) is 0 Å². The number of halogens is 1. The molecule has 2 aromatic carbocycles. The predicted octanol–water partition coefficient (Wildman–Crippen LogP) is 4.02. The Labute approximate surface area is 166 Å². The van der Waals surface area contributed by atoms with Crippen LogP contribution in [0.5, 0.6) is 0 Å². The Hall–Kier alpha value is -2.67. The van der Waals surface area contributed by atoms with Crippen LogP contribution in [0.25, 0.3) is 10.9 Å². The van der Waals surface area contributed by atoms with Crippen molar-refractivity contribution in [1.82, 2.24) is 9.55 Å². The molecule has 0 aliphatic heterocycles. The molecule has 3 aromatic rings. The van der Waals surface area contributed by atoms with E-state index in [1.807, 2.05) is 0 Å². The summed E-state index contributed by atoms with van der Waals surface area (Å²) < 4.78 is 20.0. The van der Waals surface area contributed by atoms with E-state index in [1.165, 1.54) is 16.7 Å². The average molecular weight is 400 g/mol. The zero-order valence-electron chi connectivity index (χ0n) is 15.9. The summed E-state index contributed by atoms with van der Waals surface area (Å²) in [4.78, 5) is 29.7. The van der Waals surface area contributed by atoms with Gasteiger partial charge in [0.1, 0.15) is 11.4 Å². The first-order valence-electron chi connectivity index (χ1n) is 8.81. The second-order valence-corrected chi connectivity index (χ2v) is 8.25. The third-order valence-electron chi connectivity index (χ3n) is 3.82. The number of aromatic nitrogens is 2. The Morgan fingerprint density at radius 3 is 2.50 bits per heavy atom. The van der Waals surface area contributed by atoms with Gasteiger partial charge < -0.3 is 4.74 Å². The zero-order chi connectivity index (χ0) is 20.3. The summed E-state index contributed by atoms with van der Waals surface area (Å²) in [5, 5.41) is 0.908. The van der Waals surface area contributed by atoms with Crippen LogP contribution in [-0.2, 0) is 16.1 Å². The first-order valence-corrected chi connectivity index (χ1v) is 9.80. The minimum Gasteiger partial charge on any atom is -0.459 e. The van der Waals surface area contributed by atoms with Crippen molar-refractivity contribution in [2.24, 2.45) is 0 Å². The highest BCUT2D eigenvalue weighted by Crippen LogP contribution is 2.20. The molecule has 3 rings (SSSR count). The lowest BCUT2D eigenvalue weighted by Crippen LogP contribution is -2.26. The fraction of sp³-hybridized carbons (Fsp3) is 0.286. The molecular formula is C21H21FN2O3S. The van der Waals surface area contributed by atoms with E-state index >= 15 is 0 Å². The monoisotopic (exact) mass is 400 g/mol. The smallest absolute Gasteiger partial charge is 0.316 e. The van der Waals surface area contributed by atoms with Crippen LogP contribution in [0, 0.1) is 5.82 Å². The minimum absolute atomic E-state index is 0.0332. The molecule has 28 heavy (non-hydrogen) atoms. The number of ether oxygens (including phenoxy) is 1. The van der Waals surface area contributed by atoms with Crippen LogP contribution >= 0.6 is 11.8 Å².